The molecule has 1 N–H and O–H groups in total. The van der Waals surface area contributed by atoms with Gasteiger partial charge in [-0.3, -0.25) is 4.90 Å². The number of alkyl halides is 3. The molecule has 5 nitrogen and oxygen atoms in total. The molecule has 3 heterocycles. The summed E-state index contributed by atoms with van der Waals surface area (Å²) >= 11 is 0. The van der Waals surface area contributed by atoms with Gasteiger partial charge >= 0.3 is 6.18 Å². The summed E-state index contributed by atoms with van der Waals surface area (Å²) in [4.78, 5) is 5.71. The van der Waals surface area contributed by atoms with Crippen molar-refractivity contribution >= 4 is 11.3 Å². The van der Waals surface area contributed by atoms with Gasteiger partial charge in [-0.15, -0.1) is 0 Å². The average molecular weight is 299 g/mol. The topological polar surface area (TPSA) is 45.5 Å². The number of likely N-dealkylation sites (tertiary alicyclic amines) is 1. The molecule has 0 aromatic carbocycles. The monoisotopic (exact) mass is 299 g/mol. The van der Waals surface area contributed by atoms with Crippen molar-refractivity contribution in [3.05, 3.63) is 24.7 Å². The summed E-state index contributed by atoms with van der Waals surface area (Å²) in [6, 6.07) is 1.85. The first-order chi connectivity index (χ1) is 10.0. The summed E-state index contributed by atoms with van der Waals surface area (Å²) in [5.74, 6) is 0.918. The van der Waals surface area contributed by atoms with Crippen LogP contribution in [-0.2, 0) is 0 Å². The van der Waals surface area contributed by atoms with Crippen molar-refractivity contribution in [2.75, 3.05) is 31.5 Å². The molecule has 1 atom stereocenters. The third kappa shape index (κ3) is 3.44. The Morgan fingerprint density at radius 1 is 1.33 bits per heavy atom. The lowest BCUT2D eigenvalue weighted by atomic mass is 10.1. The van der Waals surface area contributed by atoms with E-state index in [1.54, 1.807) is 23.1 Å². The number of aromatic nitrogens is 3. The van der Waals surface area contributed by atoms with E-state index in [0.717, 1.165) is 11.9 Å². The normalized spacial score (nSPS) is 20.2. The van der Waals surface area contributed by atoms with Gasteiger partial charge in [0, 0.05) is 25.5 Å². The molecule has 8 heteroatoms. The Kier molecular flexibility index (Phi) is 3.71. The average Bonchev–Trinajstić information content (AvgIpc) is 3.03. The van der Waals surface area contributed by atoms with Gasteiger partial charge in [-0.2, -0.15) is 18.3 Å². The van der Waals surface area contributed by atoms with Crippen LogP contribution in [0.4, 0.5) is 19.0 Å². The molecule has 1 aliphatic heterocycles. The lowest BCUT2D eigenvalue weighted by Crippen LogP contribution is -2.33. The molecule has 0 radical (unpaired) electrons. The molecule has 1 unspecified atom stereocenters. The summed E-state index contributed by atoms with van der Waals surface area (Å²) in [7, 11) is 0. The van der Waals surface area contributed by atoms with E-state index in [1.165, 1.54) is 4.90 Å². The molecule has 2 aromatic heterocycles. The molecule has 2 aromatic rings. The molecule has 0 spiro atoms. The number of nitrogens with zero attached hydrogens (tertiary/aromatic N) is 4. The Morgan fingerprint density at radius 2 is 2.19 bits per heavy atom. The number of hydrogen-bond acceptors (Lipinski definition) is 4. The van der Waals surface area contributed by atoms with Crippen molar-refractivity contribution in [1.82, 2.24) is 19.5 Å². The fourth-order valence-electron chi connectivity index (χ4n) is 2.71. The third-order valence-corrected chi connectivity index (χ3v) is 3.66. The quantitative estimate of drug-likeness (QED) is 0.938. The van der Waals surface area contributed by atoms with Gasteiger partial charge in [0.2, 0.25) is 0 Å². The molecule has 0 aliphatic carbocycles. The van der Waals surface area contributed by atoms with E-state index >= 15 is 0 Å². The van der Waals surface area contributed by atoms with Crippen molar-refractivity contribution in [2.45, 2.75) is 12.6 Å². The van der Waals surface area contributed by atoms with Crippen LogP contribution in [0.2, 0.25) is 0 Å². The lowest BCUT2D eigenvalue weighted by molar-refractivity contribution is -0.143. The van der Waals surface area contributed by atoms with E-state index in [1.807, 2.05) is 6.07 Å². The Labute approximate surface area is 119 Å². The number of nitrogens with one attached hydrogen (secondary N) is 1. The Bertz CT molecular complexity index is 609. The van der Waals surface area contributed by atoms with Crippen molar-refractivity contribution in [3.63, 3.8) is 0 Å². The summed E-state index contributed by atoms with van der Waals surface area (Å²) in [5, 5.41) is 7.33. The van der Waals surface area contributed by atoms with Crippen molar-refractivity contribution in [2.24, 2.45) is 5.92 Å². The number of anilines is 1. The molecule has 114 valence electrons. The minimum absolute atomic E-state index is 0.206. The minimum Gasteiger partial charge on any atom is -0.368 e. The minimum atomic E-state index is -4.12. The molecule has 0 saturated carbocycles. The predicted molar refractivity (Wildman–Crippen MR) is 72.1 cm³/mol. The molecular formula is C13H16F3N5. The summed E-state index contributed by atoms with van der Waals surface area (Å²) in [5.41, 5.74) is 0.864. The van der Waals surface area contributed by atoms with Crippen LogP contribution in [0.5, 0.6) is 0 Å². The van der Waals surface area contributed by atoms with Crippen LogP contribution in [0, 0.1) is 5.92 Å². The number of halogens is 3. The van der Waals surface area contributed by atoms with Crippen LogP contribution < -0.4 is 5.32 Å². The van der Waals surface area contributed by atoms with Gasteiger partial charge in [-0.05, 0) is 24.9 Å². The molecule has 0 amide bonds. The fourth-order valence-corrected chi connectivity index (χ4v) is 2.71. The van der Waals surface area contributed by atoms with Crippen LogP contribution in [-0.4, -0.2) is 51.9 Å². The molecule has 1 saturated heterocycles. The van der Waals surface area contributed by atoms with E-state index in [9.17, 15) is 13.2 Å². The van der Waals surface area contributed by atoms with E-state index < -0.39 is 12.7 Å². The zero-order valence-corrected chi connectivity index (χ0v) is 11.3. The van der Waals surface area contributed by atoms with Gasteiger partial charge in [0.1, 0.15) is 5.52 Å². The molecule has 1 aliphatic rings. The Morgan fingerprint density at radius 3 is 3.00 bits per heavy atom. The van der Waals surface area contributed by atoms with Crippen molar-refractivity contribution in [3.8, 4) is 0 Å². The lowest BCUT2D eigenvalue weighted by Gasteiger charge is -2.18. The summed E-state index contributed by atoms with van der Waals surface area (Å²) in [6.45, 7) is 0.761. The largest absolute Gasteiger partial charge is 0.401 e. The number of fused-ring (bicyclic) bond motifs is 1. The molecule has 0 bridgehead atoms. The van der Waals surface area contributed by atoms with Gasteiger partial charge < -0.3 is 5.32 Å². The zero-order chi connectivity index (χ0) is 14.9. The fraction of sp³-hybridized carbons (Fsp3) is 0.538. The standard InChI is InChI=1S/C13H16F3N5/c14-13(15,16)9-20-5-2-10(8-20)7-18-12-11-1-3-19-21(11)6-4-17-12/h1,3-4,6,10H,2,5,7-9H2,(H,17,18). The Balaban J connectivity index is 1.56. The van der Waals surface area contributed by atoms with Crippen molar-refractivity contribution < 1.29 is 13.2 Å². The van der Waals surface area contributed by atoms with E-state index in [0.29, 0.717) is 25.5 Å². The number of hydrogen-bond donors (Lipinski definition) is 1. The van der Waals surface area contributed by atoms with Gasteiger partial charge in [-0.25, -0.2) is 9.50 Å². The van der Waals surface area contributed by atoms with Crippen LogP contribution in [0.1, 0.15) is 6.42 Å². The first-order valence-corrected chi connectivity index (χ1v) is 6.82. The maximum absolute atomic E-state index is 12.3. The predicted octanol–water partition coefficient (Wildman–Crippen LogP) is 2.03. The Hall–Kier alpha value is -1.83. The first-order valence-electron chi connectivity index (χ1n) is 6.82. The first kappa shape index (κ1) is 14.1. The highest BCUT2D eigenvalue weighted by atomic mass is 19.4. The van der Waals surface area contributed by atoms with Gasteiger partial charge in [0.05, 0.1) is 12.7 Å². The van der Waals surface area contributed by atoms with Crippen LogP contribution in [0.15, 0.2) is 24.7 Å². The zero-order valence-electron chi connectivity index (χ0n) is 11.3. The highest BCUT2D eigenvalue weighted by Gasteiger charge is 2.34. The van der Waals surface area contributed by atoms with Crippen LogP contribution in [0.25, 0.3) is 5.52 Å². The van der Waals surface area contributed by atoms with E-state index in [-0.39, 0.29) is 5.92 Å². The van der Waals surface area contributed by atoms with Crippen molar-refractivity contribution in [1.29, 1.82) is 0 Å². The second kappa shape index (κ2) is 5.51. The highest BCUT2D eigenvalue weighted by molar-refractivity contribution is 5.66. The third-order valence-electron chi connectivity index (χ3n) is 3.66. The van der Waals surface area contributed by atoms with Gasteiger partial charge in [0.15, 0.2) is 5.82 Å². The maximum Gasteiger partial charge on any atom is 0.401 e. The van der Waals surface area contributed by atoms with Crippen LogP contribution >= 0.6 is 0 Å². The maximum atomic E-state index is 12.3. The highest BCUT2D eigenvalue weighted by Crippen LogP contribution is 2.23. The SMILES string of the molecule is FC(F)(F)CN1CCC(CNc2nccn3nccc23)C1. The van der Waals surface area contributed by atoms with E-state index in [4.69, 9.17) is 0 Å². The van der Waals surface area contributed by atoms with Gasteiger partial charge in [0.25, 0.3) is 0 Å². The second-order valence-electron chi connectivity index (χ2n) is 5.32. The molecular weight excluding hydrogens is 283 g/mol. The van der Waals surface area contributed by atoms with Crippen LogP contribution in [0.3, 0.4) is 0 Å². The molecule has 1 fully saturated rings. The summed E-state index contributed by atoms with van der Waals surface area (Å²) in [6.07, 6.45) is 1.73. The molecule has 3 rings (SSSR count). The van der Waals surface area contributed by atoms with E-state index in [2.05, 4.69) is 15.4 Å². The van der Waals surface area contributed by atoms with Gasteiger partial charge in [-0.1, -0.05) is 0 Å². The smallest absolute Gasteiger partial charge is 0.368 e. The summed E-state index contributed by atoms with van der Waals surface area (Å²) < 4.78 is 38.8. The second-order valence-corrected chi connectivity index (χ2v) is 5.32. The number of rotatable bonds is 4. The molecule has 21 heavy (non-hydrogen) atoms.